The van der Waals surface area contributed by atoms with Crippen LogP contribution in [-0.4, -0.2) is 37.2 Å². The molecule has 0 fully saturated rings. The van der Waals surface area contributed by atoms with Gasteiger partial charge in [-0.2, -0.15) is 0 Å². The summed E-state index contributed by atoms with van der Waals surface area (Å²) in [5.74, 6) is -0.872. The zero-order valence-corrected chi connectivity index (χ0v) is 49.8. The first-order valence-electron chi connectivity index (χ1n) is 32.4. The first kappa shape index (κ1) is 71.8. The number of rotatable bonds is 59. The van der Waals surface area contributed by atoms with Crippen molar-refractivity contribution < 1.29 is 28.6 Å². The topological polar surface area (TPSA) is 78.9 Å². The Labute approximate surface area is 465 Å². The summed E-state index contributed by atoms with van der Waals surface area (Å²) in [6.45, 7) is 6.55. The molecule has 0 rings (SSSR count). The summed E-state index contributed by atoms with van der Waals surface area (Å²) in [6, 6.07) is 0. The van der Waals surface area contributed by atoms with E-state index in [1.165, 1.54) is 193 Å². The van der Waals surface area contributed by atoms with Gasteiger partial charge in [-0.1, -0.05) is 293 Å². The van der Waals surface area contributed by atoms with Crippen LogP contribution in [0.3, 0.4) is 0 Å². The average molecular weight is 1050 g/mol. The quantitative estimate of drug-likeness (QED) is 0.0261. The predicted molar refractivity (Wildman–Crippen MR) is 325 cm³/mol. The lowest BCUT2D eigenvalue weighted by Gasteiger charge is -2.18. The number of hydrogen-bond acceptors (Lipinski definition) is 6. The molecule has 0 aromatic rings. The van der Waals surface area contributed by atoms with Crippen molar-refractivity contribution in [2.75, 3.05) is 13.2 Å². The SMILES string of the molecule is CC/C=C\C/C=C\C/C=C\C/C=C\CCCCCCCCCCC(=O)OCC(COC(=O)CCCCCCCCCCCCCCCCC)OC(=O)CCCCCCCCCCC/C=C\C/C=C\CCCCCCC. The highest BCUT2D eigenvalue weighted by atomic mass is 16.6. The number of ether oxygens (including phenoxy) is 3. The molecule has 0 saturated heterocycles. The molecule has 0 aromatic carbocycles. The Morgan fingerprint density at radius 1 is 0.280 bits per heavy atom. The Morgan fingerprint density at radius 3 is 0.813 bits per heavy atom. The summed E-state index contributed by atoms with van der Waals surface area (Å²) < 4.78 is 17.0. The molecular formula is C69H122O6. The van der Waals surface area contributed by atoms with Crippen molar-refractivity contribution in [3.8, 4) is 0 Å². The zero-order valence-electron chi connectivity index (χ0n) is 49.8. The largest absolute Gasteiger partial charge is 0.462 e. The molecule has 1 unspecified atom stereocenters. The number of carbonyl (C=O) groups excluding carboxylic acids is 3. The van der Waals surface area contributed by atoms with Gasteiger partial charge in [-0.15, -0.1) is 0 Å². The van der Waals surface area contributed by atoms with Crippen molar-refractivity contribution in [2.45, 2.75) is 335 Å². The number of esters is 3. The highest BCUT2D eigenvalue weighted by Crippen LogP contribution is 2.17. The van der Waals surface area contributed by atoms with E-state index in [0.717, 1.165) is 96.3 Å². The molecule has 0 aliphatic rings. The molecule has 0 N–H and O–H groups in total. The van der Waals surface area contributed by atoms with Gasteiger partial charge in [-0.25, -0.2) is 0 Å². The molecule has 0 aliphatic heterocycles. The number of unbranched alkanes of at least 4 members (excludes halogenated alkanes) is 36. The second-order valence-corrected chi connectivity index (χ2v) is 21.6. The van der Waals surface area contributed by atoms with E-state index in [9.17, 15) is 14.4 Å². The lowest BCUT2D eigenvalue weighted by atomic mass is 10.0. The molecule has 6 heteroatoms. The van der Waals surface area contributed by atoms with Crippen LogP contribution in [0.2, 0.25) is 0 Å². The molecule has 0 aromatic heterocycles. The van der Waals surface area contributed by atoms with E-state index in [1.54, 1.807) is 0 Å². The van der Waals surface area contributed by atoms with Crippen LogP contribution in [-0.2, 0) is 28.6 Å². The Balaban J connectivity index is 4.36. The minimum Gasteiger partial charge on any atom is -0.462 e. The lowest BCUT2D eigenvalue weighted by Crippen LogP contribution is -2.30. The van der Waals surface area contributed by atoms with Gasteiger partial charge in [-0.3, -0.25) is 14.4 Å². The van der Waals surface area contributed by atoms with Gasteiger partial charge in [0.25, 0.3) is 0 Å². The van der Waals surface area contributed by atoms with E-state index in [1.807, 2.05) is 0 Å². The molecule has 1 atom stereocenters. The van der Waals surface area contributed by atoms with Gasteiger partial charge in [0.15, 0.2) is 6.10 Å². The van der Waals surface area contributed by atoms with Gasteiger partial charge in [0.05, 0.1) is 0 Å². The first-order valence-corrected chi connectivity index (χ1v) is 32.4. The maximum absolute atomic E-state index is 12.9. The summed E-state index contributed by atoms with van der Waals surface area (Å²) in [7, 11) is 0. The third kappa shape index (κ3) is 61.6. The molecule has 0 spiro atoms. The molecule has 0 amide bonds. The van der Waals surface area contributed by atoms with Gasteiger partial charge in [0.1, 0.15) is 13.2 Å². The van der Waals surface area contributed by atoms with Gasteiger partial charge in [0, 0.05) is 19.3 Å². The number of hydrogen-bond donors (Lipinski definition) is 0. The van der Waals surface area contributed by atoms with Crippen LogP contribution < -0.4 is 0 Å². The van der Waals surface area contributed by atoms with Crippen LogP contribution in [0.1, 0.15) is 329 Å². The van der Waals surface area contributed by atoms with Crippen LogP contribution in [0.4, 0.5) is 0 Å². The minimum absolute atomic E-state index is 0.0764. The smallest absolute Gasteiger partial charge is 0.306 e. The fraction of sp³-hybridized carbons (Fsp3) is 0.783. The predicted octanol–water partition coefficient (Wildman–Crippen LogP) is 22.1. The van der Waals surface area contributed by atoms with E-state index >= 15 is 0 Å². The van der Waals surface area contributed by atoms with E-state index < -0.39 is 6.10 Å². The van der Waals surface area contributed by atoms with Crippen molar-refractivity contribution in [2.24, 2.45) is 0 Å². The average Bonchev–Trinajstić information content (AvgIpc) is 3.41. The van der Waals surface area contributed by atoms with E-state index in [4.69, 9.17) is 14.2 Å². The molecule has 0 radical (unpaired) electrons. The monoisotopic (exact) mass is 1050 g/mol. The van der Waals surface area contributed by atoms with E-state index in [-0.39, 0.29) is 31.1 Å². The summed E-state index contributed by atoms with van der Waals surface area (Å²) in [5, 5.41) is 0. The lowest BCUT2D eigenvalue weighted by molar-refractivity contribution is -0.167. The Hall–Kier alpha value is -3.15. The summed E-state index contributed by atoms with van der Waals surface area (Å²) in [4.78, 5) is 38.4. The molecule has 6 nitrogen and oxygen atoms in total. The molecule has 0 aliphatic carbocycles. The third-order valence-electron chi connectivity index (χ3n) is 14.2. The van der Waals surface area contributed by atoms with E-state index in [2.05, 4.69) is 93.7 Å². The summed E-state index contributed by atoms with van der Waals surface area (Å²) in [6.07, 6.45) is 81.8. The zero-order chi connectivity index (χ0) is 54.3. The summed E-state index contributed by atoms with van der Waals surface area (Å²) in [5.41, 5.74) is 0. The Kier molecular flexibility index (Phi) is 60.7. The van der Waals surface area contributed by atoms with Crippen molar-refractivity contribution in [1.29, 1.82) is 0 Å². The van der Waals surface area contributed by atoms with Crippen LogP contribution in [0.15, 0.2) is 72.9 Å². The van der Waals surface area contributed by atoms with Crippen LogP contribution in [0.5, 0.6) is 0 Å². The van der Waals surface area contributed by atoms with Crippen molar-refractivity contribution in [1.82, 2.24) is 0 Å². The van der Waals surface area contributed by atoms with Crippen molar-refractivity contribution in [3.05, 3.63) is 72.9 Å². The standard InChI is InChI=1S/C69H122O6/c1-4-7-10-13-16-19-22-25-28-30-32-34-36-38-41-44-47-50-53-56-59-62-68(71)74-65-66(64-73-67(70)61-58-55-52-49-46-43-40-27-24-21-18-15-12-9-6-3)75-69(72)63-60-57-54-51-48-45-42-39-37-35-33-31-29-26-23-20-17-14-11-8-5-2/h7,10,16,19,23,25-26,28,31-34,66H,4-6,8-9,11-15,17-18,20-22,24,27,29-30,35-65H2,1-3H3/b10-7-,19-16-,26-23-,28-25-,33-31-,34-32-. The number of carbonyl (C=O) groups is 3. The minimum atomic E-state index is -0.781. The summed E-state index contributed by atoms with van der Waals surface area (Å²) >= 11 is 0. The van der Waals surface area contributed by atoms with Crippen LogP contribution >= 0.6 is 0 Å². The van der Waals surface area contributed by atoms with E-state index in [0.29, 0.717) is 19.3 Å². The van der Waals surface area contributed by atoms with Gasteiger partial charge in [-0.05, 0) is 89.9 Å². The molecule has 0 saturated carbocycles. The highest BCUT2D eigenvalue weighted by molar-refractivity contribution is 5.71. The second kappa shape index (κ2) is 63.4. The molecular weight excluding hydrogens is 925 g/mol. The van der Waals surface area contributed by atoms with Crippen LogP contribution in [0, 0.1) is 0 Å². The molecule has 0 heterocycles. The fourth-order valence-electron chi connectivity index (χ4n) is 9.35. The van der Waals surface area contributed by atoms with Crippen molar-refractivity contribution in [3.63, 3.8) is 0 Å². The van der Waals surface area contributed by atoms with Gasteiger partial charge < -0.3 is 14.2 Å². The maximum Gasteiger partial charge on any atom is 0.306 e. The third-order valence-corrected chi connectivity index (χ3v) is 14.2. The Bertz CT molecular complexity index is 1390. The van der Waals surface area contributed by atoms with Gasteiger partial charge >= 0.3 is 17.9 Å². The number of allylic oxidation sites excluding steroid dienone is 12. The Morgan fingerprint density at radius 2 is 0.520 bits per heavy atom. The van der Waals surface area contributed by atoms with Gasteiger partial charge in [0.2, 0.25) is 0 Å². The van der Waals surface area contributed by atoms with Crippen LogP contribution in [0.25, 0.3) is 0 Å². The second-order valence-electron chi connectivity index (χ2n) is 21.6. The highest BCUT2D eigenvalue weighted by Gasteiger charge is 2.19. The molecule has 434 valence electrons. The molecule has 0 bridgehead atoms. The fourth-order valence-corrected chi connectivity index (χ4v) is 9.35. The first-order chi connectivity index (χ1) is 37.0. The molecule has 75 heavy (non-hydrogen) atoms. The maximum atomic E-state index is 12.9. The normalized spacial score (nSPS) is 12.5. The van der Waals surface area contributed by atoms with Crippen molar-refractivity contribution >= 4 is 17.9 Å².